The number of hydrogen-bond acceptors (Lipinski definition) is 3. The van der Waals surface area contributed by atoms with E-state index in [-0.39, 0.29) is 33.8 Å². The van der Waals surface area contributed by atoms with Gasteiger partial charge in [0.1, 0.15) is 11.6 Å². The van der Waals surface area contributed by atoms with Gasteiger partial charge in [-0.15, -0.1) is 0 Å². The maximum absolute atomic E-state index is 13.3. The summed E-state index contributed by atoms with van der Waals surface area (Å²) in [6.07, 6.45) is 8.12. The molecule has 4 saturated carbocycles. The van der Waals surface area contributed by atoms with Gasteiger partial charge in [0, 0.05) is 30.1 Å². The summed E-state index contributed by atoms with van der Waals surface area (Å²) >= 11 is 0. The molecule has 0 aliphatic heterocycles. The number of carbonyl (C=O) groups is 2. The van der Waals surface area contributed by atoms with Crippen LogP contribution in [0.2, 0.25) is 18.1 Å². The van der Waals surface area contributed by atoms with Crippen LogP contribution < -0.4 is 0 Å². The van der Waals surface area contributed by atoms with E-state index in [9.17, 15) is 9.59 Å². The summed E-state index contributed by atoms with van der Waals surface area (Å²) < 4.78 is 6.93. The van der Waals surface area contributed by atoms with Crippen LogP contribution in [0.4, 0.5) is 0 Å². The zero-order valence-electron chi connectivity index (χ0n) is 19.8. The molecule has 0 radical (unpaired) electrons. The van der Waals surface area contributed by atoms with Crippen LogP contribution in [-0.4, -0.2) is 26.0 Å². The van der Waals surface area contributed by atoms with Gasteiger partial charge in [-0.2, -0.15) is 0 Å². The Balaban J connectivity index is 1.70. The minimum atomic E-state index is -1.97. The van der Waals surface area contributed by atoms with Crippen molar-refractivity contribution < 1.29 is 14.0 Å². The van der Waals surface area contributed by atoms with Crippen LogP contribution in [-0.2, 0) is 14.0 Å². The van der Waals surface area contributed by atoms with Crippen LogP contribution in [0.3, 0.4) is 0 Å². The molecule has 4 heteroatoms. The van der Waals surface area contributed by atoms with Crippen LogP contribution in [0.25, 0.3) is 0 Å². The summed E-state index contributed by atoms with van der Waals surface area (Å²) in [7, 11) is -1.97. The molecule has 0 N–H and O–H groups in total. The van der Waals surface area contributed by atoms with Crippen molar-refractivity contribution in [3.05, 3.63) is 0 Å². The molecule has 29 heavy (non-hydrogen) atoms. The molecular formula is C25H42O3Si. The summed E-state index contributed by atoms with van der Waals surface area (Å²) in [6, 6.07) is 0. The van der Waals surface area contributed by atoms with Crippen LogP contribution >= 0.6 is 0 Å². The van der Waals surface area contributed by atoms with E-state index < -0.39 is 8.32 Å². The zero-order valence-corrected chi connectivity index (χ0v) is 20.8. The number of ketones is 2. The lowest BCUT2D eigenvalue weighted by atomic mass is 9.45. The fourth-order valence-corrected chi connectivity index (χ4v) is 8.92. The fourth-order valence-electron chi connectivity index (χ4n) is 7.58. The fraction of sp³-hybridized carbons (Fsp3) is 0.920. The molecule has 7 atom stereocenters. The van der Waals surface area contributed by atoms with E-state index in [4.69, 9.17) is 4.43 Å². The first kappa shape index (κ1) is 21.7. The molecule has 0 bridgehead atoms. The van der Waals surface area contributed by atoms with Gasteiger partial charge in [0.25, 0.3) is 0 Å². The maximum Gasteiger partial charge on any atom is 0.192 e. The number of hydrogen-bond donors (Lipinski definition) is 0. The van der Waals surface area contributed by atoms with Crippen molar-refractivity contribution in [2.75, 3.05) is 0 Å². The Hall–Kier alpha value is -0.483. The zero-order chi connectivity index (χ0) is 21.4. The van der Waals surface area contributed by atoms with E-state index in [0.29, 0.717) is 36.2 Å². The van der Waals surface area contributed by atoms with Gasteiger partial charge in [-0.05, 0) is 61.1 Å². The topological polar surface area (TPSA) is 43.4 Å². The van der Waals surface area contributed by atoms with Crippen molar-refractivity contribution in [1.29, 1.82) is 0 Å². The summed E-state index contributed by atoms with van der Waals surface area (Å²) in [5, 5.41) is 0.131. The number of Topliss-reactive ketones (excluding diaryl/α,β-unsaturated/α-hetero) is 2. The smallest absolute Gasteiger partial charge is 0.192 e. The van der Waals surface area contributed by atoms with Crippen LogP contribution in [0.1, 0.15) is 86.0 Å². The summed E-state index contributed by atoms with van der Waals surface area (Å²) in [4.78, 5) is 26.5. The maximum atomic E-state index is 13.3. The molecule has 4 fully saturated rings. The van der Waals surface area contributed by atoms with Gasteiger partial charge in [0.2, 0.25) is 0 Å². The van der Waals surface area contributed by atoms with Gasteiger partial charge in [-0.3, -0.25) is 9.59 Å². The molecule has 4 aliphatic rings. The van der Waals surface area contributed by atoms with Crippen LogP contribution in [0, 0.1) is 34.5 Å². The molecule has 4 rings (SSSR count). The van der Waals surface area contributed by atoms with Gasteiger partial charge in [-0.1, -0.05) is 47.5 Å². The minimum Gasteiger partial charge on any atom is -0.413 e. The molecular weight excluding hydrogens is 376 g/mol. The molecule has 0 heterocycles. The van der Waals surface area contributed by atoms with Crippen LogP contribution in [0.15, 0.2) is 0 Å². The van der Waals surface area contributed by atoms with Crippen molar-refractivity contribution >= 4 is 19.9 Å². The Morgan fingerprint density at radius 3 is 2.34 bits per heavy atom. The standard InChI is InChI=1S/C25H42O3Si/c1-23(2,3)29(6,7)28-20-15-21(27)25(5)13-11-17-16(22(20)25)14-19(26)18-10-8-9-12-24(17,18)4/h16-18,20,22H,8-15H2,1-7H3/t16-,17+,18-,20?,22-,24-,25-/m1/s1. The van der Waals surface area contributed by atoms with Crippen molar-refractivity contribution in [3.8, 4) is 0 Å². The van der Waals surface area contributed by atoms with E-state index in [2.05, 4.69) is 47.7 Å². The third kappa shape index (κ3) is 3.14. The number of fused-ring (bicyclic) bond motifs is 5. The summed E-state index contributed by atoms with van der Waals surface area (Å²) in [5.74, 6) is 2.29. The molecule has 1 unspecified atom stereocenters. The third-order valence-corrected chi connectivity index (χ3v) is 14.8. The molecule has 4 aliphatic carbocycles. The highest BCUT2D eigenvalue weighted by atomic mass is 28.4. The van der Waals surface area contributed by atoms with Gasteiger partial charge in [0.05, 0.1) is 6.10 Å². The summed E-state index contributed by atoms with van der Waals surface area (Å²) in [6.45, 7) is 16.0. The predicted molar refractivity (Wildman–Crippen MR) is 119 cm³/mol. The molecule has 0 saturated heterocycles. The lowest BCUT2D eigenvalue weighted by molar-refractivity contribution is -0.159. The van der Waals surface area contributed by atoms with Crippen molar-refractivity contribution in [3.63, 3.8) is 0 Å². The first-order valence-electron chi connectivity index (χ1n) is 12.0. The Kier molecular flexibility index (Phi) is 5.06. The highest BCUT2D eigenvalue weighted by Gasteiger charge is 2.65. The first-order valence-corrected chi connectivity index (χ1v) is 15.0. The van der Waals surface area contributed by atoms with Crippen molar-refractivity contribution in [1.82, 2.24) is 0 Å². The quantitative estimate of drug-likeness (QED) is 0.504. The van der Waals surface area contributed by atoms with Crippen molar-refractivity contribution in [2.24, 2.45) is 34.5 Å². The average Bonchev–Trinajstić information content (AvgIpc) is 2.84. The Bertz CT molecular complexity index is 707. The molecule has 164 valence electrons. The molecule has 0 aromatic heterocycles. The number of carbonyl (C=O) groups excluding carboxylic acids is 2. The molecule has 0 amide bonds. The second kappa shape index (κ2) is 6.76. The Morgan fingerprint density at radius 1 is 1.00 bits per heavy atom. The van der Waals surface area contributed by atoms with E-state index in [0.717, 1.165) is 19.3 Å². The second-order valence-electron chi connectivity index (χ2n) is 12.8. The van der Waals surface area contributed by atoms with Gasteiger partial charge in [-0.25, -0.2) is 0 Å². The molecule has 0 spiro atoms. The van der Waals surface area contributed by atoms with Gasteiger partial charge < -0.3 is 4.43 Å². The SMILES string of the molecule is CC(C)(C)[Si](C)(C)OC1CC(=O)[C@@]2(C)CC[C@H]3[C@@H](CC(=O)[C@H]4CCCC[C@@]43C)[C@H]12. The minimum absolute atomic E-state index is 0.0118. The Morgan fingerprint density at radius 2 is 1.69 bits per heavy atom. The molecule has 0 aromatic carbocycles. The predicted octanol–water partition coefficient (Wildman–Crippen LogP) is 6.17. The lowest BCUT2D eigenvalue weighted by Gasteiger charge is -2.59. The van der Waals surface area contributed by atoms with E-state index in [1.165, 1.54) is 19.3 Å². The first-order chi connectivity index (χ1) is 13.3. The molecule has 0 aromatic rings. The monoisotopic (exact) mass is 418 g/mol. The normalized spacial score (nSPS) is 45.6. The van der Waals surface area contributed by atoms with E-state index in [1.54, 1.807) is 0 Å². The number of rotatable bonds is 2. The third-order valence-electron chi connectivity index (χ3n) is 10.3. The second-order valence-corrected chi connectivity index (χ2v) is 17.5. The molecule has 3 nitrogen and oxygen atoms in total. The summed E-state index contributed by atoms with van der Waals surface area (Å²) in [5.41, 5.74) is -0.140. The average molecular weight is 419 g/mol. The Labute approximate surface area is 178 Å². The van der Waals surface area contributed by atoms with E-state index >= 15 is 0 Å². The van der Waals surface area contributed by atoms with Gasteiger partial charge >= 0.3 is 0 Å². The van der Waals surface area contributed by atoms with Crippen molar-refractivity contribution in [2.45, 2.75) is 110 Å². The van der Waals surface area contributed by atoms with E-state index in [1.807, 2.05) is 0 Å². The highest BCUT2D eigenvalue weighted by Crippen LogP contribution is 2.65. The van der Waals surface area contributed by atoms with Crippen LogP contribution in [0.5, 0.6) is 0 Å². The lowest BCUT2D eigenvalue weighted by Crippen LogP contribution is -2.58. The highest BCUT2D eigenvalue weighted by molar-refractivity contribution is 6.74. The largest absolute Gasteiger partial charge is 0.413 e. The van der Waals surface area contributed by atoms with Gasteiger partial charge in [0.15, 0.2) is 8.32 Å².